The van der Waals surface area contributed by atoms with Gasteiger partial charge in [-0.05, 0) is 42.7 Å². The third kappa shape index (κ3) is 3.85. The Kier molecular flexibility index (Phi) is 4.38. The summed E-state index contributed by atoms with van der Waals surface area (Å²) in [6.45, 7) is 8.32. The monoisotopic (exact) mass is 302 g/mol. The van der Waals surface area contributed by atoms with Crippen molar-refractivity contribution in [2.75, 3.05) is 0 Å². The molecular weight excluding hydrogens is 284 g/mol. The Morgan fingerprint density at radius 1 is 1.05 bits per heavy atom. The number of rotatable bonds is 2. The number of halogens is 1. The van der Waals surface area contributed by atoms with Crippen molar-refractivity contribution in [2.24, 2.45) is 0 Å². The van der Waals surface area contributed by atoms with Crippen LogP contribution in [-0.2, 0) is 5.41 Å². The second-order valence-electron chi connectivity index (χ2n) is 6.15. The van der Waals surface area contributed by atoms with Crippen LogP contribution in [0.25, 0.3) is 0 Å². The Balaban J connectivity index is 2.31. The maximum Gasteiger partial charge on any atom is 0.343 e. The Bertz CT molecular complexity index is 652. The quantitative estimate of drug-likeness (QED) is 0.565. The van der Waals surface area contributed by atoms with Gasteiger partial charge in [-0.2, -0.15) is 0 Å². The predicted octanol–water partition coefficient (Wildman–Crippen LogP) is 5.17. The molecule has 0 saturated carbocycles. The van der Waals surface area contributed by atoms with E-state index in [4.69, 9.17) is 16.3 Å². The predicted molar refractivity (Wildman–Crippen MR) is 86.3 cm³/mol. The van der Waals surface area contributed by atoms with Crippen LogP contribution in [-0.4, -0.2) is 5.97 Å². The summed E-state index contributed by atoms with van der Waals surface area (Å²) in [6.07, 6.45) is 0. The summed E-state index contributed by atoms with van der Waals surface area (Å²) in [5, 5.41) is 0.595. The molecule has 21 heavy (non-hydrogen) atoms. The average molecular weight is 303 g/mol. The molecule has 0 unspecified atom stereocenters. The highest BCUT2D eigenvalue weighted by Gasteiger charge is 2.21. The number of carbonyl (C=O) groups excluding carboxylic acids is 1. The zero-order valence-electron chi connectivity index (χ0n) is 12.7. The first-order chi connectivity index (χ1) is 9.77. The van der Waals surface area contributed by atoms with E-state index in [1.807, 2.05) is 19.1 Å². The van der Waals surface area contributed by atoms with Crippen LogP contribution in [0.4, 0.5) is 0 Å². The number of hydrogen-bond donors (Lipinski definition) is 0. The minimum Gasteiger partial charge on any atom is -0.423 e. The largest absolute Gasteiger partial charge is 0.423 e. The van der Waals surface area contributed by atoms with E-state index >= 15 is 0 Å². The number of carbonyl (C=O) groups is 1. The molecule has 0 radical (unpaired) electrons. The third-order valence-electron chi connectivity index (χ3n) is 3.23. The summed E-state index contributed by atoms with van der Waals surface area (Å²) >= 11 is 5.83. The molecule has 3 heteroatoms. The molecule has 0 aliphatic carbocycles. The van der Waals surface area contributed by atoms with Crippen molar-refractivity contribution in [1.82, 2.24) is 0 Å². The fourth-order valence-electron chi connectivity index (χ4n) is 2.06. The molecule has 0 aliphatic rings. The molecule has 0 aliphatic heterocycles. The summed E-state index contributed by atoms with van der Waals surface area (Å²) in [6, 6.07) is 12.5. The van der Waals surface area contributed by atoms with Crippen molar-refractivity contribution >= 4 is 17.6 Å². The van der Waals surface area contributed by atoms with Gasteiger partial charge in [0.2, 0.25) is 0 Å². The fraction of sp³-hybridized carbons (Fsp3) is 0.278. The highest BCUT2D eigenvalue weighted by molar-refractivity contribution is 6.30. The van der Waals surface area contributed by atoms with E-state index in [1.54, 1.807) is 24.3 Å². The lowest BCUT2D eigenvalue weighted by Gasteiger charge is -2.22. The van der Waals surface area contributed by atoms with Crippen LogP contribution in [0.3, 0.4) is 0 Å². The first-order valence-corrected chi connectivity index (χ1v) is 7.24. The average Bonchev–Trinajstić information content (AvgIpc) is 2.40. The second-order valence-corrected chi connectivity index (χ2v) is 6.58. The van der Waals surface area contributed by atoms with E-state index in [-0.39, 0.29) is 11.4 Å². The minimum absolute atomic E-state index is 0.0956. The number of esters is 1. The molecule has 2 nitrogen and oxygen atoms in total. The van der Waals surface area contributed by atoms with Crippen LogP contribution in [0, 0.1) is 6.92 Å². The van der Waals surface area contributed by atoms with Gasteiger partial charge < -0.3 is 4.74 Å². The van der Waals surface area contributed by atoms with E-state index < -0.39 is 0 Å². The molecule has 0 spiro atoms. The Morgan fingerprint density at radius 2 is 1.67 bits per heavy atom. The molecule has 2 aromatic carbocycles. The highest BCUT2D eigenvalue weighted by Crippen LogP contribution is 2.32. The molecule has 0 fully saturated rings. The van der Waals surface area contributed by atoms with Crippen LogP contribution < -0.4 is 4.74 Å². The van der Waals surface area contributed by atoms with Crippen molar-refractivity contribution in [1.29, 1.82) is 0 Å². The molecular formula is C18H19ClO2. The Labute approximate surface area is 130 Å². The van der Waals surface area contributed by atoms with Gasteiger partial charge in [-0.3, -0.25) is 0 Å². The van der Waals surface area contributed by atoms with Gasteiger partial charge in [0.05, 0.1) is 5.56 Å². The molecule has 0 saturated heterocycles. The maximum absolute atomic E-state index is 12.2. The Morgan fingerprint density at radius 3 is 2.24 bits per heavy atom. The number of hydrogen-bond acceptors (Lipinski definition) is 2. The summed E-state index contributed by atoms with van der Waals surface area (Å²) in [5.74, 6) is 0.231. The summed E-state index contributed by atoms with van der Waals surface area (Å²) in [4.78, 5) is 12.2. The van der Waals surface area contributed by atoms with Crippen molar-refractivity contribution < 1.29 is 9.53 Å². The molecule has 0 bridgehead atoms. The number of aryl methyl sites for hydroxylation is 1. The van der Waals surface area contributed by atoms with E-state index in [2.05, 4.69) is 26.8 Å². The summed E-state index contributed by atoms with van der Waals surface area (Å²) < 4.78 is 5.57. The van der Waals surface area contributed by atoms with Crippen LogP contribution in [0.2, 0.25) is 5.02 Å². The van der Waals surface area contributed by atoms with Gasteiger partial charge in [0, 0.05) is 10.6 Å². The Hall–Kier alpha value is -1.80. The SMILES string of the molecule is Cc1ccc(OC(=O)c2ccc(Cl)cc2)c(C(C)(C)C)c1. The van der Waals surface area contributed by atoms with E-state index in [1.165, 1.54) is 0 Å². The van der Waals surface area contributed by atoms with Crippen molar-refractivity contribution in [2.45, 2.75) is 33.1 Å². The second kappa shape index (κ2) is 5.90. The lowest BCUT2D eigenvalue weighted by atomic mass is 9.85. The van der Waals surface area contributed by atoms with Gasteiger partial charge in [-0.15, -0.1) is 0 Å². The first-order valence-electron chi connectivity index (χ1n) is 6.86. The summed E-state index contributed by atoms with van der Waals surface area (Å²) in [7, 11) is 0. The topological polar surface area (TPSA) is 26.3 Å². The maximum atomic E-state index is 12.2. The zero-order valence-corrected chi connectivity index (χ0v) is 13.5. The smallest absolute Gasteiger partial charge is 0.343 e. The fourth-order valence-corrected chi connectivity index (χ4v) is 2.19. The van der Waals surface area contributed by atoms with Crippen LogP contribution >= 0.6 is 11.6 Å². The molecule has 0 atom stereocenters. The van der Waals surface area contributed by atoms with Crippen molar-refractivity contribution in [3.05, 3.63) is 64.2 Å². The normalized spacial score (nSPS) is 11.3. The number of benzene rings is 2. The molecule has 2 aromatic rings. The first kappa shape index (κ1) is 15.6. The zero-order chi connectivity index (χ0) is 15.6. The third-order valence-corrected chi connectivity index (χ3v) is 3.48. The van der Waals surface area contributed by atoms with E-state index in [0.717, 1.165) is 11.1 Å². The number of ether oxygens (including phenoxy) is 1. The van der Waals surface area contributed by atoms with E-state index in [0.29, 0.717) is 16.3 Å². The standard InChI is InChI=1S/C18H19ClO2/c1-12-5-10-16(15(11-12)18(2,3)4)21-17(20)13-6-8-14(19)9-7-13/h5-11H,1-4H3. The lowest BCUT2D eigenvalue weighted by Crippen LogP contribution is -2.16. The van der Waals surface area contributed by atoms with Gasteiger partial charge in [0.25, 0.3) is 0 Å². The van der Waals surface area contributed by atoms with Gasteiger partial charge in [-0.1, -0.05) is 50.1 Å². The molecule has 110 valence electrons. The lowest BCUT2D eigenvalue weighted by molar-refractivity contribution is 0.0732. The van der Waals surface area contributed by atoms with Gasteiger partial charge in [0.15, 0.2) is 0 Å². The minimum atomic E-state index is -0.374. The van der Waals surface area contributed by atoms with E-state index in [9.17, 15) is 4.79 Å². The molecule has 0 amide bonds. The van der Waals surface area contributed by atoms with Gasteiger partial charge >= 0.3 is 5.97 Å². The van der Waals surface area contributed by atoms with Gasteiger partial charge in [-0.25, -0.2) is 4.79 Å². The van der Waals surface area contributed by atoms with Crippen molar-refractivity contribution in [3.8, 4) is 5.75 Å². The van der Waals surface area contributed by atoms with Crippen LogP contribution in [0.1, 0.15) is 42.3 Å². The van der Waals surface area contributed by atoms with Crippen LogP contribution in [0.15, 0.2) is 42.5 Å². The highest BCUT2D eigenvalue weighted by atomic mass is 35.5. The van der Waals surface area contributed by atoms with Gasteiger partial charge in [0.1, 0.15) is 5.75 Å². The molecule has 0 heterocycles. The molecule has 0 aromatic heterocycles. The van der Waals surface area contributed by atoms with Crippen LogP contribution in [0.5, 0.6) is 5.75 Å². The van der Waals surface area contributed by atoms with Crippen molar-refractivity contribution in [3.63, 3.8) is 0 Å². The summed E-state index contributed by atoms with van der Waals surface area (Å²) in [5.41, 5.74) is 2.55. The molecule has 2 rings (SSSR count). The molecule has 0 N–H and O–H groups in total.